The molecule has 2 aromatic rings. The zero-order valence-electron chi connectivity index (χ0n) is 10.1. The van der Waals surface area contributed by atoms with Crippen molar-refractivity contribution in [3.05, 3.63) is 69.8 Å². The molecule has 0 saturated heterocycles. The van der Waals surface area contributed by atoms with Crippen molar-refractivity contribution in [2.45, 2.75) is 12.5 Å². The van der Waals surface area contributed by atoms with E-state index in [4.69, 9.17) is 17.3 Å². The van der Waals surface area contributed by atoms with Crippen molar-refractivity contribution in [2.24, 2.45) is 5.73 Å². The Hall–Kier alpha value is -1.59. The molecule has 1 atom stereocenters. The zero-order valence-corrected chi connectivity index (χ0v) is 10.9. The minimum atomic E-state index is -1.09. The Balaban J connectivity index is 2.33. The molecule has 0 amide bonds. The van der Waals surface area contributed by atoms with Gasteiger partial charge in [-0.05, 0) is 30.7 Å². The molecule has 2 aromatic carbocycles. The van der Waals surface area contributed by atoms with Crippen LogP contribution >= 0.6 is 11.6 Å². The molecule has 0 radical (unpaired) electrons. The Morgan fingerprint density at radius 1 is 0.950 bits per heavy atom. The van der Waals surface area contributed by atoms with Gasteiger partial charge in [-0.3, -0.25) is 0 Å². The average molecular weight is 304 g/mol. The monoisotopic (exact) mass is 303 g/mol. The third-order valence-corrected chi connectivity index (χ3v) is 3.21. The van der Waals surface area contributed by atoms with Crippen molar-refractivity contribution in [3.8, 4) is 0 Å². The molecule has 106 valence electrons. The second-order valence-corrected chi connectivity index (χ2v) is 4.71. The molecule has 1 nitrogen and oxygen atoms in total. The summed E-state index contributed by atoms with van der Waals surface area (Å²) in [6.45, 7) is 0. The number of hydrogen-bond acceptors (Lipinski definition) is 1. The fraction of sp³-hybridized carbons (Fsp3) is 0.143. The summed E-state index contributed by atoms with van der Waals surface area (Å²) in [5.41, 5.74) is 5.25. The summed E-state index contributed by atoms with van der Waals surface area (Å²) in [7, 11) is 0. The first-order chi connectivity index (χ1) is 9.40. The fourth-order valence-electron chi connectivity index (χ4n) is 1.88. The number of hydrogen-bond donors (Lipinski definition) is 1. The van der Waals surface area contributed by atoms with Crippen LogP contribution in [-0.2, 0) is 6.42 Å². The molecule has 0 aliphatic carbocycles. The van der Waals surface area contributed by atoms with E-state index in [9.17, 15) is 17.6 Å². The lowest BCUT2D eigenvalue weighted by Crippen LogP contribution is -2.17. The van der Waals surface area contributed by atoms with E-state index in [1.165, 1.54) is 6.07 Å². The molecular weight excluding hydrogens is 294 g/mol. The topological polar surface area (TPSA) is 26.0 Å². The quantitative estimate of drug-likeness (QED) is 0.669. The van der Waals surface area contributed by atoms with E-state index in [0.29, 0.717) is 0 Å². The summed E-state index contributed by atoms with van der Waals surface area (Å²) in [6, 6.07) is 3.88. The average Bonchev–Trinajstić information content (AvgIpc) is 2.38. The molecule has 20 heavy (non-hydrogen) atoms. The summed E-state index contributed by atoms with van der Waals surface area (Å²) in [6.07, 6.45) is -0.295. The first-order valence-corrected chi connectivity index (χ1v) is 6.11. The van der Waals surface area contributed by atoms with Gasteiger partial charge in [0, 0.05) is 17.2 Å². The van der Waals surface area contributed by atoms with Gasteiger partial charge in [-0.25, -0.2) is 17.6 Å². The molecule has 6 heteroatoms. The maximum atomic E-state index is 13.7. The Morgan fingerprint density at radius 2 is 1.55 bits per heavy atom. The Bertz CT molecular complexity index is 625. The van der Waals surface area contributed by atoms with Crippen molar-refractivity contribution in [1.29, 1.82) is 0 Å². The van der Waals surface area contributed by atoms with E-state index in [1.807, 2.05) is 0 Å². The van der Waals surface area contributed by atoms with Crippen molar-refractivity contribution >= 4 is 11.6 Å². The highest BCUT2D eigenvalue weighted by molar-refractivity contribution is 6.30. The van der Waals surface area contributed by atoms with Gasteiger partial charge in [0.15, 0.2) is 0 Å². The summed E-state index contributed by atoms with van der Waals surface area (Å²) in [4.78, 5) is 0. The minimum Gasteiger partial charge on any atom is -0.324 e. The van der Waals surface area contributed by atoms with Crippen LogP contribution in [0.15, 0.2) is 30.3 Å². The molecule has 0 aliphatic heterocycles. The maximum absolute atomic E-state index is 13.7. The van der Waals surface area contributed by atoms with Crippen LogP contribution in [0.3, 0.4) is 0 Å². The lowest BCUT2D eigenvalue weighted by Gasteiger charge is -2.14. The van der Waals surface area contributed by atoms with Crippen LogP contribution in [0.2, 0.25) is 5.02 Å². The van der Waals surface area contributed by atoms with E-state index in [1.54, 1.807) is 0 Å². The maximum Gasteiger partial charge on any atom is 0.142 e. The molecule has 0 fully saturated rings. The predicted octanol–water partition coefficient (Wildman–Crippen LogP) is 4.14. The molecule has 1 unspecified atom stereocenters. The van der Waals surface area contributed by atoms with Crippen LogP contribution in [0.1, 0.15) is 17.2 Å². The smallest absolute Gasteiger partial charge is 0.142 e. The van der Waals surface area contributed by atoms with Crippen LogP contribution in [-0.4, -0.2) is 0 Å². The van der Waals surface area contributed by atoms with E-state index in [2.05, 4.69) is 0 Å². The lowest BCUT2D eigenvalue weighted by molar-refractivity contribution is 0.524. The van der Waals surface area contributed by atoms with E-state index in [-0.39, 0.29) is 22.6 Å². The van der Waals surface area contributed by atoms with E-state index in [0.717, 1.165) is 24.3 Å². The number of halogens is 5. The van der Waals surface area contributed by atoms with Gasteiger partial charge in [0.05, 0.1) is 5.02 Å². The Labute approximate surface area is 118 Å². The minimum absolute atomic E-state index is 0.186. The first kappa shape index (κ1) is 14.8. The molecule has 2 rings (SSSR count). The van der Waals surface area contributed by atoms with Gasteiger partial charge in [-0.1, -0.05) is 17.7 Å². The molecule has 0 bridgehead atoms. The molecule has 0 heterocycles. The van der Waals surface area contributed by atoms with Crippen LogP contribution in [0.4, 0.5) is 17.6 Å². The summed E-state index contributed by atoms with van der Waals surface area (Å²) < 4.78 is 54.0. The van der Waals surface area contributed by atoms with Gasteiger partial charge < -0.3 is 5.73 Å². The molecule has 0 saturated carbocycles. The molecule has 0 aromatic heterocycles. The third kappa shape index (κ3) is 2.94. The summed E-state index contributed by atoms with van der Waals surface area (Å²) >= 11 is 5.43. The fourth-order valence-corrected chi connectivity index (χ4v) is 2.03. The largest absolute Gasteiger partial charge is 0.324 e. The van der Waals surface area contributed by atoms with Gasteiger partial charge in [-0.15, -0.1) is 0 Å². The normalized spacial score (nSPS) is 12.5. The molecule has 0 aliphatic rings. The van der Waals surface area contributed by atoms with Crippen LogP contribution in [0.25, 0.3) is 0 Å². The highest BCUT2D eigenvalue weighted by atomic mass is 35.5. The second-order valence-electron chi connectivity index (χ2n) is 4.30. The van der Waals surface area contributed by atoms with Crippen molar-refractivity contribution in [3.63, 3.8) is 0 Å². The van der Waals surface area contributed by atoms with Crippen LogP contribution in [0.5, 0.6) is 0 Å². The highest BCUT2D eigenvalue weighted by Crippen LogP contribution is 2.26. The summed E-state index contributed by atoms with van der Waals surface area (Å²) in [5, 5.41) is -0.379. The van der Waals surface area contributed by atoms with Crippen molar-refractivity contribution in [2.75, 3.05) is 0 Å². The van der Waals surface area contributed by atoms with Gasteiger partial charge in [0.2, 0.25) is 0 Å². The highest BCUT2D eigenvalue weighted by Gasteiger charge is 2.19. The molecule has 0 spiro atoms. The van der Waals surface area contributed by atoms with E-state index < -0.39 is 29.3 Å². The van der Waals surface area contributed by atoms with Gasteiger partial charge >= 0.3 is 0 Å². The van der Waals surface area contributed by atoms with Crippen LogP contribution < -0.4 is 5.73 Å². The Morgan fingerprint density at radius 3 is 2.15 bits per heavy atom. The lowest BCUT2D eigenvalue weighted by atomic mass is 9.98. The number of nitrogens with two attached hydrogens (primary N) is 1. The van der Waals surface area contributed by atoms with Gasteiger partial charge in [-0.2, -0.15) is 0 Å². The number of benzene rings is 2. The first-order valence-electron chi connectivity index (χ1n) is 5.73. The van der Waals surface area contributed by atoms with E-state index >= 15 is 0 Å². The van der Waals surface area contributed by atoms with Gasteiger partial charge in [0.25, 0.3) is 0 Å². The molecule has 2 N–H and O–H groups in total. The van der Waals surface area contributed by atoms with Crippen molar-refractivity contribution < 1.29 is 17.6 Å². The van der Waals surface area contributed by atoms with Gasteiger partial charge in [0.1, 0.15) is 23.3 Å². The summed E-state index contributed by atoms with van der Waals surface area (Å²) in [5.74, 6) is -3.22. The predicted molar refractivity (Wildman–Crippen MR) is 68.4 cm³/mol. The third-order valence-electron chi connectivity index (χ3n) is 2.92. The van der Waals surface area contributed by atoms with Crippen molar-refractivity contribution in [1.82, 2.24) is 0 Å². The zero-order chi connectivity index (χ0) is 14.9. The second kappa shape index (κ2) is 5.81. The SMILES string of the molecule is NC(Cc1c(F)cccc1F)c1cc(F)c(Cl)cc1F. The Kier molecular flexibility index (Phi) is 4.30. The van der Waals surface area contributed by atoms with Crippen LogP contribution in [0, 0.1) is 23.3 Å². The number of rotatable bonds is 3. The molecular formula is C14H10ClF4N. The standard InChI is InChI=1S/C14H10ClF4N/c15-9-6-12(18)8(4-13(9)19)14(20)5-7-10(16)2-1-3-11(7)17/h1-4,6,14H,5,20H2.